The van der Waals surface area contributed by atoms with Crippen LogP contribution in [0.4, 0.5) is 10.5 Å². The van der Waals surface area contributed by atoms with Gasteiger partial charge in [0.2, 0.25) is 10.0 Å². The van der Waals surface area contributed by atoms with Crippen LogP contribution in [0.15, 0.2) is 77.8 Å². The topological polar surface area (TPSA) is 180 Å². The molecule has 0 spiro atoms. The highest BCUT2D eigenvalue weighted by Gasteiger charge is 2.44. The summed E-state index contributed by atoms with van der Waals surface area (Å²) in [6.45, 7) is 4.33. The fourth-order valence-corrected chi connectivity index (χ4v) is 7.29. The van der Waals surface area contributed by atoms with Gasteiger partial charge in [-0.3, -0.25) is 15.1 Å². The SMILES string of the molecule is CC(C)CN(C[C@@H](O)[C@H](Cc1ccc(OCc2ccccn2)cc1)NC(=O)O[C@@H]1CO[C@H]2OCC[C@H]21)S(=O)(=O)c1ccc([N+](=O)[O-])cc1. The Balaban J connectivity index is 1.32. The minimum atomic E-state index is -4.18. The van der Waals surface area contributed by atoms with Crippen LogP contribution in [-0.2, 0) is 37.3 Å². The maximum absolute atomic E-state index is 13.7. The average Bonchev–Trinajstić information content (AvgIpc) is 3.69. The van der Waals surface area contributed by atoms with Gasteiger partial charge in [0.1, 0.15) is 18.5 Å². The number of benzene rings is 2. The van der Waals surface area contributed by atoms with Crippen molar-refractivity contribution in [2.24, 2.45) is 11.8 Å². The van der Waals surface area contributed by atoms with Crippen LogP contribution in [-0.4, -0.2) is 84.7 Å². The van der Waals surface area contributed by atoms with E-state index in [2.05, 4.69) is 10.3 Å². The highest BCUT2D eigenvalue weighted by Crippen LogP contribution is 2.33. The minimum Gasteiger partial charge on any atom is -0.487 e. The maximum atomic E-state index is 13.7. The van der Waals surface area contributed by atoms with Crippen molar-refractivity contribution in [1.82, 2.24) is 14.6 Å². The molecular formula is C33H40N4O10S. The number of sulfonamides is 1. The van der Waals surface area contributed by atoms with E-state index < -0.39 is 45.6 Å². The molecule has 0 aliphatic carbocycles. The number of non-ortho nitro benzene ring substituents is 1. The Morgan fingerprint density at radius 1 is 1.10 bits per heavy atom. The number of amides is 1. The van der Waals surface area contributed by atoms with Crippen molar-refractivity contribution in [3.63, 3.8) is 0 Å². The minimum absolute atomic E-state index is 0.0539. The molecule has 0 unspecified atom stereocenters. The van der Waals surface area contributed by atoms with Crippen LogP contribution in [0.1, 0.15) is 31.5 Å². The van der Waals surface area contributed by atoms with E-state index in [4.69, 9.17) is 18.9 Å². The highest BCUT2D eigenvalue weighted by molar-refractivity contribution is 7.89. The van der Waals surface area contributed by atoms with Gasteiger partial charge in [0, 0.05) is 31.4 Å². The number of nitrogens with zero attached hydrogens (tertiary/aromatic N) is 3. The van der Waals surface area contributed by atoms with E-state index in [1.54, 1.807) is 30.5 Å². The number of fused-ring (bicyclic) bond motifs is 1. The predicted molar refractivity (Wildman–Crippen MR) is 172 cm³/mol. The summed E-state index contributed by atoms with van der Waals surface area (Å²) < 4.78 is 51.2. The number of hydrogen-bond acceptors (Lipinski definition) is 11. The van der Waals surface area contributed by atoms with E-state index in [0.717, 1.165) is 27.7 Å². The molecule has 48 heavy (non-hydrogen) atoms. The van der Waals surface area contributed by atoms with Crippen molar-refractivity contribution in [3.8, 4) is 5.75 Å². The summed E-state index contributed by atoms with van der Waals surface area (Å²) in [5.41, 5.74) is 1.26. The third-order valence-electron chi connectivity index (χ3n) is 8.15. The lowest BCUT2D eigenvalue weighted by Crippen LogP contribution is -2.51. The average molecular weight is 685 g/mol. The molecule has 2 saturated heterocycles. The zero-order valence-corrected chi connectivity index (χ0v) is 27.5. The van der Waals surface area contributed by atoms with E-state index >= 15 is 0 Å². The molecule has 5 rings (SSSR count). The van der Waals surface area contributed by atoms with Gasteiger partial charge in [-0.05, 0) is 60.7 Å². The lowest BCUT2D eigenvalue weighted by Gasteiger charge is -2.31. The molecule has 5 atom stereocenters. The van der Waals surface area contributed by atoms with Gasteiger partial charge in [0.05, 0.1) is 46.8 Å². The monoisotopic (exact) mass is 684 g/mol. The molecule has 2 fully saturated rings. The van der Waals surface area contributed by atoms with Crippen molar-refractivity contribution in [3.05, 3.63) is 94.3 Å². The molecule has 2 aliphatic rings. The number of nitro benzene ring substituents is 1. The second kappa shape index (κ2) is 15.8. The van der Waals surface area contributed by atoms with Gasteiger partial charge in [0.25, 0.3) is 5.69 Å². The molecule has 0 radical (unpaired) electrons. The summed E-state index contributed by atoms with van der Waals surface area (Å²) in [7, 11) is -4.18. The Hall–Kier alpha value is -4.15. The number of nitro groups is 1. The number of aromatic nitrogens is 1. The van der Waals surface area contributed by atoms with Crippen molar-refractivity contribution in [2.75, 3.05) is 26.3 Å². The first-order chi connectivity index (χ1) is 23.0. The largest absolute Gasteiger partial charge is 0.487 e. The summed E-state index contributed by atoms with van der Waals surface area (Å²) in [5.74, 6) is 0.385. The zero-order valence-electron chi connectivity index (χ0n) is 26.7. The molecular weight excluding hydrogens is 644 g/mol. The molecule has 258 valence electrons. The van der Waals surface area contributed by atoms with E-state index in [1.807, 2.05) is 32.0 Å². The van der Waals surface area contributed by atoms with E-state index in [9.17, 15) is 28.4 Å². The Labute approximate surface area is 279 Å². The van der Waals surface area contributed by atoms with Crippen molar-refractivity contribution >= 4 is 21.8 Å². The van der Waals surface area contributed by atoms with Crippen molar-refractivity contribution < 1.29 is 42.2 Å². The van der Waals surface area contributed by atoms with Gasteiger partial charge in [0.15, 0.2) is 6.29 Å². The fraction of sp³-hybridized carbons (Fsp3) is 0.455. The summed E-state index contributed by atoms with van der Waals surface area (Å²) >= 11 is 0. The van der Waals surface area contributed by atoms with Crippen LogP contribution < -0.4 is 10.1 Å². The molecule has 0 saturated carbocycles. The van der Waals surface area contributed by atoms with E-state index in [-0.39, 0.29) is 55.1 Å². The third-order valence-corrected chi connectivity index (χ3v) is 9.99. The van der Waals surface area contributed by atoms with Crippen LogP contribution in [0.25, 0.3) is 0 Å². The number of aliphatic hydroxyl groups is 1. The van der Waals surface area contributed by atoms with Crippen LogP contribution in [0.2, 0.25) is 0 Å². The van der Waals surface area contributed by atoms with Gasteiger partial charge in [-0.1, -0.05) is 32.0 Å². The third kappa shape index (κ3) is 9.05. The Morgan fingerprint density at radius 2 is 1.85 bits per heavy atom. The number of hydrogen-bond donors (Lipinski definition) is 2. The summed E-state index contributed by atoms with van der Waals surface area (Å²) in [4.78, 5) is 27.8. The standard InChI is InChI=1S/C33H40N4O10S/c1-22(2)18-36(48(42,43)27-12-8-25(9-13-27)37(40)41)19-30(38)29(35-33(39)47-31-21-46-32-28(31)14-16-44-32)17-23-6-10-26(11-7-23)45-20-24-5-3-4-15-34-24/h3-13,15,22,28-32,38H,14,16-21H2,1-2H3,(H,35,39)/t28-,29-,30+,31+,32+/m0/s1. The van der Waals surface area contributed by atoms with Crippen LogP contribution in [0, 0.1) is 22.0 Å². The van der Waals surface area contributed by atoms with Gasteiger partial charge in [-0.15, -0.1) is 0 Å². The van der Waals surface area contributed by atoms with Gasteiger partial charge in [-0.2, -0.15) is 4.31 Å². The normalized spacial score (nSPS) is 20.3. The first-order valence-corrected chi connectivity index (χ1v) is 17.2. The first kappa shape index (κ1) is 35.2. The second-order valence-electron chi connectivity index (χ2n) is 12.2. The summed E-state index contributed by atoms with van der Waals surface area (Å²) in [5, 5.41) is 25.4. The van der Waals surface area contributed by atoms with Crippen molar-refractivity contribution in [2.45, 2.75) is 62.7 Å². The van der Waals surface area contributed by atoms with E-state index in [1.165, 1.54) is 12.1 Å². The van der Waals surface area contributed by atoms with Gasteiger partial charge < -0.3 is 29.4 Å². The summed E-state index contributed by atoms with van der Waals surface area (Å²) in [6, 6.07) is 16.3. The number of aliphatic hydroxyl groups excluding tert-OH is 1. The quantitative estimate of drug-likeness (QED) is 0.176. The fourth-order valence-electron chi connectivity index (χ4n) is 5.67. The van der Waals surface area contributed by atoms with Gasteiger partial charge >= 0.3 is 6.09 Å². The Morgan fingerprint density at radius 3 is 2.52 bits per heavy atom. The van der Waals surface area contributed by atoms with Gasteiger partial charge in [-0.25, -0.2) is 13.2 Å². The Kier molecular flexibility index (Phi) is 11.6. The molecule has 14 nitrogen and oxygen atoms in total. The number of ether oxygens (including phenoxy) is 4. The number of pyridine rings is 1. The molecule has 3 aromatic rings. The molecule has 2 aromatic carbocycles. The first-order valence-electron chi connectivity index (χ1n) is 15.7. The van der Waals surface area contributed by atoms with Crippen LogP contribution in [0.5, 0.6) is 5.75 Å². The van der Waals surface area contributed by atoms with Crippen molar-refractivity contribution in [1.29, 1.82) is 0 Å². The second-order valence-corrected chi connectivity index (χ2v) is 14.1. The number of alkyl carbamates (subject to hydrolysis) is 1. The maximum Gasteiger partial charge on any atom is 0.407 e. The molecule has 15 heteroatoms. The Bertz CT molecular complexity index is 1620. The summed E-state index contributed by atoms with van der Waals surface area (Å²) in [6.07, 6.45) is -0.572. The molecule has 1 aromatic heterocycles. The molecule has 3 heterocycles. The predicted octanol–water partition coefficient (Wildman–Crippen LogP) is 3.68. The highest BCUT2D eigenvalue weighted by atomic mass is 32.2. The zero-order chi connectivity index (χ0) is 34.3. The van der Waals surface area contributed by atoms with E-state index in [0.29, 0.717) is 18.8 Å². The molecule has 2 N–H and O–H groups in total. The number of rotatable bonds is 15. The molecule has 2 aliphatic heterocycles. The van der Waals surface area contributed by atoms with Crippen LogP contribution >= 0.6 is 0 Å². The smallest absolute Gasteiger partial charge is 0.407 e. The number of nitrogens with one attached hydrogen (secondary N) is 1. The molecule has 1 amide bonds. The lowest BCUT2D eigenvalue weighted by molar-refractivity contribution is -0.384. The lowest BCUT2D eigenvalue weighted by atomic mass is 10.0. The molecule has 0 bridgehead atoms. The number of carbonyl (C=O) groups excluding carboxylic acids is 1. The number of carbonyl (C=O) groups is 1. The van der Waals surface area contributed by atoms with Crippen LogP contribution in [0.3, 0.4) is 0 Å².